The largest absolute Gasteiger partial charge is 0.363 e. The number of hydrogen-bond acceptors (Lipinski definition) is 6. The van der Waals surface area contributed by atoms with Gasteiger partial charge in [0.2, 0.25) is 0 Å². The fourth-order valence-electron chi connectivity index (χ4n) is 1.62. The molecule has 2 rings (SSSR count). The van der Waals surface area contributed by atoms with Gasteiger partial charge in [0.25, 0.3) is 10.0 Å². The molecule has 8 nitrogen and oxygen atoms in total. The quantitative estimate of drug-likeness (QED) is 0.632. The number of aromatic nitrogens is 1. The second-order valence-electron chi connectivity index (χ2n) is 4.12. The van der Waals surface area contributed by atoms with E-state index in [2.05, 4.69) is 9.71 Å². The minimum atomic E-state index is -3.86. The van der Waals surface area contributed by atoms with Crippen molar-refractivity contribution in [1.29, 1.82) is 0 Å². The van der Waals surface area contributed by atoms with E-state index in [1.54, 1.807) is 24.3 Å². The van der Waals surface area contributed by atoms with Crippen LogP contribution in [0.5, 0.6) is 0 Å². The predicted molar refractivity (Wildman–Crippen MR) is 76.0 cm³/mol. The lowest BCUT2D eigenvalue weighted by atomic mass is 10.2. The van der Waals surface area contributed by atoms with Gasteiger partial charge in [-0.05, 0) is 33.7 Å². The summed E-state index contributed by atoms with van der Waals surface area (Å²) in [6, 6.07) is 8.79. The molecular weight excluding hydrogens is 296 g/mol. The number of benzene rings is 1. The highest BCUT2D eigenvalue weighted by Crippen LogP contribution is 2.18. The molecule has 0 bridgehead atoms. The first-order chi connectivity index (χ1) is 9.92. The van der Waals surface area contributed by atoms with Crippen molar-refractivity contribution in [2.45, 2.75) is 11.4 Å². The molecule has 3 N–H and O–H groups in total. The lowest BCUT2D eigenvalue weighted by molar-refractivity contribution is -0.389. The number of anilines is 1. The van der Waals surface area contributed by atoms with E-state index in [-0.39, 0.29) is 11.4 Å². The van der Waals surface area contributed by atoms with E-state index in [1.807, 2.05) is 0 Å². The molecule has 9 heteroatoms. The summed E-state index contributed by atoms with van der Waals surface area (Å²) in [6.45, 7) is 0.286. The summed E-state index contributed by atoms with van der Waals surface area (Å²) in [5.41, 5.74) is 6.62. The monoisotopic (exact) mass is 308 g/mol. The molecular formula is C12H12N4O4S. The molecule has 2 aromatic rings. The maximum atomic E-state index is 12.1. The molecule has 1 aromatic heterocycles. The Labute approximate surface area is 120 Å². The second-order valence-corrected chi connectivity index (χ2v) is 5.80. The van der Waals surface area contributed by atoms with E-state index < -0.39 is 20.8 Å². The number of nitrogens with zero attached hydrogens (tertiary/aromatic N) is 2. The van der Waals surface area contributed by atoms with Crippen LogP contribution in [0.15, 0.2) is 47.5 Å². The summed E-state index contributed by atoms with van der Waals surface area (Å²) in [5, 5.41) is 10.5. The van der Waals surface area contributed by atoms with Gasteiger partial charge in [0.1, 0.15) is 4.90 Å². The van der Waals surface area contributed by atoms with Crippen LogP contribution in [0.1, 0.15) is 5.56 Å². The van der Waals surface area contributed by atoms with Gasteiger partial charge >= 0.3 is 5.82 Å². The first kappa shape index (κ1) is 14.9. The standard InChI is InChI=1S/C12H12N4O4S/c13-7-9-2-1-3-10(6-9)15-21(19,20)11-4-5-12(14-8-11)16(17)18/h1-6,8,15H,7,13H2. The molecule has 1 heterocycles. The Morgan fingerprint density at radius 2 is 2.05 bits per heavy atom. The summed E-state index contributed by atoms with van der Waals surface area (Å²) in [7, 11) is -3.86. The molecule has 0 atom stereocenters. The van der Waals surface area contributed by atoms with Crippen LogP contribution in [-0.4, -0.2) is 18.3 Å². The van der Waals surface area contributed by atoms with E-state index >= 15 is 0 Å². The highest BCUT2D eigenvalue weighted by atomic mass is 32.2. The average molecular weight is 308 g/mol. The minimum absolute atomic E-state index is 0.161. The normalized spacial score (nSPS) is 11.1. The Morgan fingerprint density at radius 1 is 1.29 bits per heavy atom. The Balaban J connectivity index is 2.27. The number of rotatable bonds is 5. The van der Waals surface area contributed by atoms with Gasteiger partial charge in [0, 0.05) is 18.3 Å². The van der Waals surface area contributed by atoms with Gasteiger partial charge in [-0.1, -0.05) is 12.1 Å². The first-order valence-electron chi connectivity index (χ1n) is 5.84. The van der Waals surface area contributed by atoms with Crippen molar-refractivity contribution in [1.82, 2.24) is 4.98 Å². The molecule has 110 valence electrons. The minimum Gasteiger partial charge on any atom is -0.358 e. The summed E-state index contributed by atoms with van der Waals surface area (Å²) in [6.07, 6.45) is 0.938. The molecule has 0 fully saturated rings. The Bertz CT molecular complexity index is 759. The zero-order chi connectivity index (χ0) is 15.5. The van der Waals surface area contributed by atoms with Gasteiger partial charge in [0.15, 0.2) is 6.20 Å². The fourth-order valence-corrected chi connectivity index (χ4v) is 2.61. The third-order valence-electron chi connectivity index (χ3n) is 2.63. The molecule has 0 unspecified atom stereocenters. The number of pyridine rings is 1. The fraction of sp³-hybridized carbons (Fsp3) is 0.0833. The maximum absolute atomic E-state index is 12.1. The van der Waals surface area contributed by atoms with Crippen molar-refractivity contribution in [3.05, 3.63) is 58.3 Å². The SMILES string of the molecule is NCc1cccc(NS(=O)(=O)c2ccc([N+](=O)[O-])nc2)c1. The number of nitro groups is 1. The molecule has 0 radical (unpaired) electrons. The summed E-state index contributed by atoms with van der Waals surface area (Å²) in [5.74, 6) is -0.418. The summed E-state index contributed by atoms with van der Waals surface area (Å²) in [4.78, 5) is 13.1. The third kappa shape index (κ3) is 3.52. The highest BCUT2D eigenvalue weighted by Gasteiger charge is 2.18. The molecule has 0 amide bonds. The second kappa shape index (κ2) is 5.85. The van der Waals surface area contributed by atoms with Crippen LogP contribution >= 0.6 is 0 Å². The molecule has 0 spiro atoms. The molecule has 0 saturated heterocycles. The molecule has 21 heavy (non-hydrogen) atoms. The lowest BCUT2D eigenvalue weighted by Gasteiger charge is -2.08. The Kier molecular flexibility index (Phi) is 4.15. The number of nitrogens with one attached hydrogen (secondary N) is 1. The topological polar surface area (TPSA) is 128 Å². The van der Waals surface area contributed by atoms with Gasteiger partial charge in [-0.2, -0.15) is 0 Å². The van der Waals surface area contributed by atoms with Gasteiger partial charge in [-0.3, -0.25) is 4.72 Å². The summed E-state index contributed by atoms with van der Waals surface area (Å²) >= 11 is 0. The van der Waals surface area contributed by atoms with Crippen molar-refractivity contribution < 1.29 is 13.3 Å². The van der Waals surface area contributed by atoms with Crippen LogP contribution in [0.4, 0.5) is 11.5 Å². The van der Waals surface area contributed by atoms with Crippen molar-refractivity contribution >= 4 is 21.5 Å². The number of nitrogens with two attached hydrogens (primary N) is 1. The van der Waals surface area contributed by atoms with Gasteiger partial charge in [0.05, 0.1) is 0 Å². The van der Waals surface area contributed by atoms with Crippen LogP contribution in [0.2, 0.25) is 0 Å². The van der Waals surface area contributed by atoms with Crippen LogP contribution < -0.4 is 10.5 Å². The predicted octanol–water partition coefficient (Wildman–Crippen LogP) is 1.25. The molecule has 0 saturated carbocycles. The zero-order valence-corrected chi connectivity index (χ0v) is 11.6. The average Bonchev–Trinajstić information content (AvgIpc) is 2.47. The zero-order valence-electron chi connectivity index (χ0n) is 10.8. The van der Waals surface area contributed by atoms with E-state index in [0.29, 0.717) is 5.69 Å². The van der Waals surface area contributed by atoms with Crippen molar-refractivity contribution in [2.75, 3.05) is 4.72 Å². The molecule has 1 aromatic carbocycles. The van der Waals surface area contributed by atoms with Crippen LogP contribution in [-0.2, 0) is 16.6 Å². The van der Waals surface area contributed by atoms with E-state index in [1.165, 1.54) is 0 Å². The summed E-state index contributed by atoms with van der Waals surface area (Å²) < 4.78 is 26.6. The van der Waals surface area contributed by atoms with Gasteiger partial charge in [-0.25, -0.2) is 8.42 Å². The van der Waals surface area contributed by atoms with Crippen LogP contribution in [0, 0.1) is 10.1 Å². The van der Waals surface area contributed by atoms with Crippen molar-refractivity contribution in [3.8, 4) is 0 Å². The van der Waals surface area contributed by atoms with Crippen LogP contribution in [0.3, 0.4) is 0 Å². The van der Waals surface area contributed by atoms with E-state index in [9.17, 15) is 18.5 Å². The Morgan fingerprint density at radius 3 is 2.62 bits per heavy atom. The van der Waals surface area contributed by atoms with Crippen molar-refractivity contribution in [3.63, 3.8) is 0 Å². The van der Waals surface area contributed by atoms with Gasteiger partial charge in [-0.15, -0.1) is 0 Å². The first-order valence-corrected chi connectivity index (χ1v) is 7.33. The molecule has 0 aliphatic rings. The molecule has 0 aliphatic carbocycles. The maximum Gasteiger partial charge on any atom is 0.363 e. The van der Waals surface area contributed by atoms with E-state index in [0.717, 1.165) is 23.9 Å². The third-order valence-corrected chi connectivity index (χ3v) is 4.00. The van der Waals surface area contributed by atoms with E-state index in [4.69, 9.17) is 5.73 Å². The molecule has 0 aliphatic heterocycles. The number of hydrogen-bond donors (Lipinski definition) is 2. The van der Waals surface area contributed by atoms with Crippen molar-refractivity contribution in [2.24, 2.45) is 5.73 Å². The van der Waals surface area contributed by atoms with Gasteiger partial charge < -0.3 is 15.8 Å². The highest BCUT2D eigenvalue weighted by molar-refractivity contribution is 7.92. The smallest absolute Gasteiger partial charge is 0.358 e. The van der Waals surface area contributed by atoms with Crippen LogP contribution in [0.25, 0.3) is 0 Å². The number of sulfonamides is 1. The Hall–Kier alpha value is -2.52. The lowest BCUT2D eigenvalue weighted by Crippen LogP contribution is -2.13.